The summed E-state index contributed by atoms with van der Waals surface area (Å²) in [7, 11) is 0. The predicted octanol–water partition coefficient (Wildman–Crippen LogP) is 5.41. The fraction of sp³-hybridized carbons (Fsp3) is 0.381. The Labute approximate surface area is 176 Å². The number of carbonyl (C=O) groups excluding carboxylic acids is 1. The lowest BCUT2D eigenvalue weighted by molar-refractivity contribution is -0.325. The second-order valence-electron chi connectivity index (χ2n) is 6.93. The van der Waals surface area contributed by atoms with Gasteiger partial charge < -0.3 is 9.64 Å². The number of likely N-dealkylation sites (tertiary alicyclic amines) is 1. The second-order valence-corrected chi connectivity index (χ2v) is 7.34. The molecule has 1 aliphatic heterocycles. The number of amides is 1. The van der Waals surface area contributed by atoms with Crippen molar-refractivity contribution in [1.29, 1.82) is 0 Å². The maximum Gasteiger partial charge on any atom is 0.522 e. The highest BCUT2D eigenvalue weighted by atomic mass is 35.5. The Morgan fingerprint density at radius 1 is 1.13 bits per heavy atom. The SMILES string of the molecule is O=C(c1ccc(OCCOC(F)(F)F)c(Cl)c1)N1CCCC(c2ccc(F)cc2)C1. The molecular weight excluding hydrogens is 426 g/mol. The van der Waals surface area contributed by atoms with E-state index in [4.69, 9.17) is 16.3 Å². The van der Waals surface area contributed by atoms with Gasteiger partial charge in [-0.25, -0.2) is 4.39 Å². The minimum absolute atomic E-state index is 0.120. The number of piperidine rings is 1. The smallest absolute Gasteiger partial charge is 0.490 e. The van der Waals surface area contributed by atoms with Crippen LogP contribution < -0.4 is 4.74 Å². The molecule has 1 unspecified atom stereocenters. The van der Waals surface area contributed by atoms with Crippen molar-refractivity contribution in [2.75, 3.05) is 26.3 Å². The number of hydrogen-bond acceptors (Lipinski definition) is 3. The first kappa shape index (κ1) is 22.4. The standard InChI is InChI=1S/C21H20ClF4NO3/c22-18-12-15(5-8-19(18)29-10-11-30-21(24,25)26)20(28)27-9-1-2-16(13-27)14-3-6-17(23)7-4-14/h3-8,12,16H,1-2,9-11,13H2. The lowest BCUT2D eigenvalue weighted by Crippen LogP contribution is -2.39. The Morgan fingerprint density at radius 3 is 2.53 bits per heavy atom. The molecule has 1 amide bonds. The van der Waals surface area contributed by atoms with Crippen LogP contribution in [0.2, 0.25) is 5.02 Å². The summed E-state index contributed by atoms with van der Waals surface area (Å²) in [6, 6.07) is 10.7. The summed E-state index contributed by atoms with van der Waals surface area (Å²) in [5.74, 6) is -0.211. The number of rotatable bonds is 6. The van der Waals surface area contributed by atoms with Crippen LogP contribution in [0.15, 0.2) is 42.5 Å². The van der Waals surface area contributed by atoms with Crippen LogP contribution in [0, 0.1) is 5.82 Å². The lowest BCUT2D eigenvalue weighted by atomic mass is 9.90. The first-order valence-electron chi connectivity index (χ1n) is 9.41. The Balaban J connectivity index is 1.60. The quantitative estimate of drug-likeness (QED) is 0.440. The van der Waals surface area contributed by atoms with Crippen molar-refractivity contribution in [2.24, 2.45) is 0 Å². The van der Waals surface area contributed by atoms with Crippen LogP contribution in [-0.2, 0) is 4.74 Å². The molecule has 4 nitrogen and oxygen atoms in total. The molecule has 9 heteroatoms. The van der Waals surface area contributed by atoms with Gasteiger partial charge in [0.2, 0.25) is 0 Å². The van der Waals surface area contributed by atoms with Gasteiger partial charge in [-0.05, 0) is 48.7 Å². The van der Waals surface area contributed by atoms with Gasteiger partial charge in [-0.3, -0.25) is 9.53 Å². The number of benzene rings is 2. The van der Waals surface area contributed by atoms with Crippen molar-refractivity contribution in [3.8, 4) is 5.75 Å². The molecule has 162 valence electrons. The molecular formula is C21H20ClF4NO3. The number of carbonyl (C=O) groups is 1. The van der Waals surface area contributed by atoms with Gasteiger partial charge in [-0.15, -0.1) is 13.2 Å². The van der Waals surface area contributed by atoms with Crippen molar-refractivity contribution in [2.45, 2.75) is 25.1 Å². The van der Waals surface area contributed by atoms with Gasteiger partial charge in [0.1, 0.15) is 18.2 Å². The minimum atomic E-state index is -4.72. The first-order chi connectivity index (χ1) is 14.2. The van der Waals surface area contributed by atoms with E-state index in [2.05, 4.69) is 4.74 Å². The van der Waals surface area contributed by atoms with E-state index in [9.17, 15) is 22.4 Å². The topological polar surface area (TPSA) is 38.8 Å². The molecule has 0 spiro atoms. The maximum absolute atomic E-state index is 13.2. The van der Waals surface area contributed by atoms with E-state index < -0.39 is 13.0 Å². The number of ether oxygens (including phenoxy) is 2. The summed E-state index contributed by atoms with van der Waals surface area (Å²) in [5, 5.41) is 0.125. The van der Waals surface area contributed by atoms with Crippen molar-refractivity contribution >= 4 is 17.5 Å². The van der Waals surface area contributed by atoms with Crippen LogP contribution in [-0.4, -0.2) is 43.5 Å². The van der Waals surface area contributed by atoms with Gasteiger partial charge in [0.05, 0.1) is 11.6 Å². The van der Waals surface area contributed by atoms with Gasteiger partial charge in [0.15, 0.2) is 0 Å². The summed E-state index contributed by atoms with van der Waals surface area (Å²) in [5.41, 5.74) is 1.34. The summed E-state index contributed by atoms with van der Waals surface area (Å²) >= 11 is 6.13. The van der Waals surface area contributed by atoms with Crippen LogP contribution in [0.5, 0.6) is 5.75 Å². The van der Waals surface area contributed by atoms with Crippen LogP contribution in [0.4, 0.5) is 17.6 Å². The van der Waals surface area contributed by atoms with Crippen molar-refractivity contribution < 1.29 is 31.8 Å². The molecule has 0 aromatic heterocycles. The highest BCUT2D eigenvalue weighted by Crippen LogP contribution is 2.30. The van der Waals surface area contributed by atoms with Gasteiger partial charge in [-0.1, -0.05) is 23.7 Å². The summed E-state index contributed by atoms with van der Waals surface area (Å²) in [4.78, 5) is 14.6. The zero-order chi connectivity index (χ0) is 21.7. The van der Waals surface area contributed by atoms with Crippen LogP contribution in [0.25, 0.3) is 0 Å². The molecule has 1 heterocycles. The number of alkyl halides is 3. The first-order valence-corrected chi connectivity index (χ1v) is 9.78. The van der Waals surface area contributed by atoms with E-state index in [1.54, 1.807) is 17.0 Å². The summed E-state index contributed by atoms with van der Waals surface area (Å²) in [6.07, 6.45) is -2.99. The molecule has 1 saturated heterocycles. The molecule has 0 aliphatic carbocycles. The van der Waals surface area contributed by atoms with Crippen LogP contribution in [0.1, 0.15) is 34.7 Å². The zero-order valence-electron chi connectivity index (χ0n) is 15.9. The van der Waals surface area contributed by atoms with Crippen LogP contribution >= 0.6 is 11.6 Å². The van der Waals surface area contributed by atoms with Crippen molar-refractivity contribution in [3.05, 3.63) is 64.4 Å². The van der Waals surface area contributed by atoms with E-state index in [1.807, 2.05) is 0 Å². The lowest BCUT2D eigenvalue weighted by Gasteiger charge is -2.33. The summed E-state index contributed by atoms with van der Waals surface area (Å²) < 4.78 is 57.9. The Bertz CT molecular complexity index is 874. The molecule has 2 aromatic rings. The van der Waals surface area contributed by atoms with E-state index in [1.165, 1.54) is 30.3 Å². The van der Waals surface area contributed by atoms with E-state index in [0.717, 1.165) is 18.4 Å². The zero-order valence-corrected chi connectivity index (χ0v) is 16.7. The maximum atomic E-state index is 13.2. The predicted molar refractivity (Wildman–Crippen MR) is 103 cm³/mol. The Morgan fingerprint density at radius 2 is 1.87 bits per heavy atom. The monoisotopic (exact) mass is 445 g/mol. The fourth-order valence-corrected chi connectivity index (χ4v) is 3.65. The molecule has 1 aliphatic rings. The summed E-state index contributed by atoms with van der Waals surface area (Å²) in [6.45, 7) is 0.105. The molecule has 0 radical (unpaired) electrons. The highest BCUT2D eigenvalue weighted by molar-refractivity contribution is 6.32. The average Bonchev–Trinajstić information content (AvgIpc) is 2.71. The molecule has 0 N–H and O–H groups in total. The number of nitrogens with zero attached hydrogens (tertiary/aromatic N) is 1. The molecule has 0 bridgehead atoms. The third-order valence-corrected chi connectivity index (χ3v) is 5.13. The molecule has 1 atom stereocenters. The van der Waals surface area contributed by atoms with Gasteiger partial charge in [-0.2, -0.15) is 0 Å². The van der Waals surface area contributed by atoms with Gasteiger partial charge >= 0.3 is 6.36 Å². The minimum Gasteiger partial charge on any atom is -0.490 e. The third-order valence-electron chi connectivity index (χ3n) is 4.84. The third kappa shape index (κ3) is 6.09. The number of hydrogen-bond donors (Lipinski definition) is 0. The van der Waals surface area contributed by atoms with E-state index in [0.29, 0.717) is 18.7 Å². The van der Waals surface area contributed by atoms with Crippen molar-refractivity contribution in [3.63, 3.8) is 0 Å². The Hall–Kier alpha value is -2.32. The molecule has 0 saturated carbocycles. The van der Waals surface area contributed by atoms with E-state index in [-0.39, 0.29) is 35.0 Å². The van der Waals surface area contributed by atoms with Crippen LogP contribution in [0.3, 0.4) is 0 Å². The molecule has 1 fully saturated rings. The normalized spacial score (nSPS) is 17.1. The largest absolute Gasteiger partial charge is 0.522 e. The molecule has 30 heavy (non-hydrogen) atoms. The van der Waals surface area contributed by atoms with E-state index >= 15 is 0 Å². The Kier molecular flexibility index (Phi) is 7.20. The van der Waals surface area contributed by atoms with Crippen molar-refractivity contribution in [1.82, 2.24) is 4.90 Å². The second kappa shape index (κ2) is 9.66. The average molecular weight is 446 g/mol. The fourth-order valence-electron chi connectivity index (χ4n) is 3.41. The van der Waals surface area contributed by atoms with Gasteiger partial charge in [0.25, 0.3) is 5.91 Å². The highest BCUT2D eigenvalue weighted by Gasteiger charge is 2.29. The van der Waals surface area contributed by atoms with Gasteiger partial charge in [0, 0.05) is 24.6 Å². The molecule has 2 aromatic carbocycles. The number of halogens is 5. The molecule has 3 rings (SSSR count).